The number of carbonyl (C=O) groups excluding carboxylic acids is 1. The number of amides is 1. The molecule has 0 aromatic heterocycles. The second-order valence-electron chi connectivity index (χ2n) is 4.25. The van der Waals surface area contributed by atoms with Gasteiger partial charge in [-0.15, -0.1) is 0 Å². The molecule has 10 heteroatoms. The third-order valence-corrected chi connectivity index (χ3v) is 2.59. The molecule has 0 saturated carbocycles. The first-order valence-electron chi connectivity index (χ1n) is 5.53. The monoisotopic (exact) mass is 308 g/mol. The van der Waals surface area contributed by atoms with Gasteiger partial charge in [0.05, 0.1) is 23.0 Å². The van der Waals surface area contributed by atoms with E-state index in [0.29, 0.717) is 18.2 Å². The maximum Gasteiger partial charge on any atom is 0.416 e. The van der Waals surface area contributed by atoms with Crippen LogP contribution < -0.4 is 5.73 Å². The van der Waals surface area contributed by atoms with Crippen molar-refractivity contribution in [1.82, 2.24) is 0 Å². The Morgan fingerprint density at radius 1 is 1.33 bits per heavy atom. The lowest BCUT2D eigenvalue weighted by Crippen LogP contribution is -2.26. The van der Waals surface area contributed by atoms with Gasteiger partial charge in [0.15, 0.2) is 0 Å². The van der Waals surface area contributed by atoms with Gasteiger partial charge in [0.2, 0.25) is 5.91 Å². The number of hydrogen-bond donors (Lipinski definition) is 3. The molecule has 21 heavy (non-hydrogen) atoms. The van der Waals surface area contributed by atoms with Crippen molar-refractivity contribution in [2.24, 2.45) is 5.73 Å². The number of primary amides is 1. The zero-order valence-electron chi connectivity index (χ0n) is 10.4. The largest absolute Gasteiger partial charge is 0.416 e. The highest BCUT2D eigenvalue weighted by atomic mass is 19.4. The summed E-state index contributed by atoms with van der Waals surface area (Å²) in [5.41, 5.74) is 2.00. The second-order valence-corrected chi connectivity index (χ2v) is 4.25. The molecule has 2 unspecified atom stereocenters. The van der Waals surface area contributed by atoms with Crippen LogP contribution in [-0.4, -0.2) is 27.1 Å². The minimum Gasteiger partial charge on any atom is -0.390 e. The van der Waals surface area contributed by atoms with Crippen LogP contribution in [0.15, 0.2) is 18.2 Å². The predicted molar refractivity (Wildman–Crippen MR) is 62.9 cm³/mol. The molecule has 0 heterocycles. The maximum atomic E-state index is 12.6. The molecular formula is C11H11F3N2O5. The highest BCUT2D eigenvalue weighted by Gasteiger charge is 2.34. The Morgan fingerprint density at radius 3 is 2.33 bits per heavy atom. The molecule has 0 aliphatic heterocycles. The van der Waals surface area contributed by atoms with Crippen LogP contribution in [0.1, 0.15) is 23.7 Å². The van der Waals surface area contributed by atoms with E-state index in [4.69, 9.17) is 5.73 Å². The van der Waals surface area contributed by atoms with E-state index in [-0.39, 0.29) is 0 Å². The molecule has 0 aliphatic rings. The van der Waals surface area contributed by atoms with Crippen molar-refractivity contribution >= 4 is 11.6 Å². The summed E-state index contributed by atoms with van der Waals surface area (Å²) in [4.78, 5) is 20.2. The van der Waals surface area contributed by atoms with Gasteiger partial charge < -0.3 is 15.9 Å². The Hall–Kier alpha value is -2.20. The highest BCUT2D eigenvalue weighted by Crippen LogP contribution is 2.34. The number of nitro benzene ring substituents is 1. The number of nitrogens with two attached hydrogens (primary N) is 1. The molecule has 1 aromatic rings. The Morgan fingerprint density at radius 2 is 1.90 bits per heavy atom. The van der Waals surface area contributed by atoms with Gasteiger partial charge in [0.1, 0.15) is 6.10 Å². The molecule has 2 atom stereocenters. The summed E-state index contributed by atoms with van der Waals surface area (Å²) in [6.45, 7) is 0. The van der Waals surface area contributed by atoms with Crippen molar-refractivity contribution in [3.63, 3.8) is 0 Å². The molecule has 0 bridgehead atoms. The number of benzene rings is 1. The minimum atomic E-state index is -4.87. The molecule has 1 aromatic carbocycles. The first-order valence-corrected chi connectivity index (χ1v) is 5.53. The molecule has 0 saturated heterocycles. The van der Waals surface area contributed by atoms with Crippen LogP contribution >= 0.6 is 0 Å². The van der Waals surface area contributed by atoms with Crippen molar-refractivity contribution in [2.75, 3.05) is 0 Å². The predicted octanol–water partition coefficient (Wildman–Crippen LogP) is 0.883. The SMILES string of the molecule is NC(=O)CC(O)C(O)c1cc([N+](=O)[O-])cc(C(F)(F)F)c1. The number of hydrogen-bond acceptors (Lipinski definition) is 5. The molecule has 0 aliphatic carbocycles. The standard InChI is InChI=1S/C11H11F3N2O5/c12-11(13,14)6-1-5(2-7(3-6)16(20)21)10(19)8(17)4-9(15)18/h1-3,8,10,17,19H,4H2,(H2,15,18). The smallest absolute Gasteiger partial charge is 0.390 e. The van der Waals surface area contributed by atoms with Gasteiger partial charge in [0, 0.05) is 12.1 Å². The third kappa shape index (κ3) is 4.39. The minimum absolute atomic E-state index is 0.302. The van der Waals surface area contributed by atoms with Gasteiger partial charge in [-0.05, 0) is 11.6 Å². The van der Waals surface area contributed by atoms with Gasteiger partial charge in [-0.2, -0.15) is 13.2 Å². The van der Waals surface area contributed by atoms with Crippen molar-refractivity contribution in [1.29, 1.82) is 0 Å². The zero-order chi connectivity index (χ0) is 16.4. The third-order valence-electron chi connectivity index (χ3n) is 2.59. The van der Waals surface area contributed by atoms with Crippen LogP contribution in [0, 0.1) is 10.1 Å². The number of aliphatic hydroxyl groups excluding tert-OH is 2. The average molecular weight is 308 g/mol. The van der Waals surface area contributed by atoms with Crippen LogP contribution in [0.5, 0.6) is 0 Å². The van der Waals surface area contributed by atoms with E-state index < -0.39 is 52.4 Å². The number of aliphatic hydroxyl groups is 2. The van der Waals surface area contributed by atoms with Crippen LogP contribution in [0.3, 0.4) is 0 Å². The van der Waals surface area contributed by atoms with E-state index in [0.717, 1.165) is 0 Å². The number of carbonyl (C=O) groups is 1. The second kappa shape index (κ2) is 6.06. The molecule has 0 radical (unpaired) electrons. The fourth-order valence-electron chi connectivity index (χ4n) is 1.61. The van der Waals surface area contributed by atoms with E-state index in [1.54, 1.807) is 0 Å². The Bertz CT molecular complexity index is 561. The number of halogens is 3. The fraction of sp³-hybridized carbons (Fsp3) is 0.364. The van der Waals surface area contributed by atoms with Gasteiger partial charge in [0.25, 0.3) is 5.69 Å². The van der Waals surface area contributed by atoms with Gasteiger partial charge >= 0.3 is 6.18 Å². The highest BCUT2D eigenvalue weighted by molar-refractivity contribution is 5.74. The lowest BCUT2D eigenvalue weighted by atomic mass is 9.99. The quantitative estimate of drug-likeness (QED) is 0.550. The van der Waals surface area contributed by atoms with E-state index in [2.05, 4.69) is 0 Å². The van der Waals surface area contributed by atoms with Crippen LogP contribution in [-0.2, 0) is 11.0 Å². The van der Waals surface area contributed by atoms with Gasteiger partial charge in [-0.25, -0.2) is 0 Å². The topological polar surface area (TPSA) is 127 Å². The van der Waals surface area contributed by atoms with E-state index in [1.807, 2.05) is 0 Å². The fourth-order valence-corrected chi connectivity index (χ4v) is 1.61. The van der Waals surface area contributed by atoms with E-state index in [9.17, 15) is 38.3 Å². The Kier molecular flexibility index (Phi) is 4.86. The van der Waals surface area contributed by atoms with Crippen molar-refractivity contribution in [3.8, 4) is 0 Å². The van der Waals surface area contributed by atoms with Crippen LogP contribution in [0.2, 0.25) is 0 Å². The zero-order valence-corrected chi connectivity index (χ0v) is 10.4. The molecule has 1 amide bonds. The molecule has 0 spiro atoms. The summed E-state index contributed by atoms with van der Waals surface area (Å²) in [5, 5.41) is 29.8. The summed E-state index contributed by atoms with van der Waals surface area (Å²) in [7, 11) is 0. The number of nitrogens with zero attached hydrogens (tertiary/aromatic N) is 1. The van der Waals surface area contributed by atoms with Crippen molar-refractivity contribution in [3.05, 3.63) is 39.4 Å². The molecule has 7 nitrogen and oxygen atoms in total. The van der Waals surface area contributed by atoms with Crippen molar-refractivity contribution < 1.29 is 33.1 Å². The van der Waals surface area contributed by atoms with E-state index in [1.165, 1.54) is 0 Å². The van der Waals surface area contributed by atoms with E-state index >= 15 is 0 Å². The van der Waals surface area contributed by atoms with Crippen LogP contribution in [0.25, 0.3) is 0 Å². The normalized spacial score (nSPS) is 14.5. The number of non-ortho nitro benzene ring substituents is 1. The van der Waals surface area contributed by atoms with Crippen molar-refractivity contribution in [2.45, 2.75) is 24.8 Å². The van der Waals surface area contributed by atoms with Gasteiger partial charge in [-0.3, -0.25) is 14.9 Å². The summed E-state index contributed by atoms with van der Waals surface area (Å²) >= 11 is 0. The maximum absolute atomic E-state index is 12.6. The Balaban J connectivity index is 3.25. The summed E-state index contributed by atoms with van der Waals surface area (Å²) in [5.74, 6) is -0.983. The Labute approximate surface area is 115 Å². The number of nitro groups is 1. The lowest BCUT2D eigenvalue weighted by molar-refractivity contribution is -0.385. The molecular weight excluding hydrogens is 297 g/mol. The first-order chi connectivity index (χ1) is 9.52. The average Bonchev–Trinajstić information content (AvgIpc) is 2.35. The number of rotatable bonds is 5. The molecule has 1 rings (SSSR count). The first kappa shape index (κ1) is 16.9. The van der Waals surface area contributed by atoms with Gasteiger partial charge in [-0.1, -0.05) is 0 Å². The summed E-state index contributed by atoms with van der Waals surface area (Å²) in [6.07, 6.45) is -9.26. The molecule has 0 fully saturated rings. The number of alkyl halides is 3. The molecule has 4 N–H and O–H groups in total. The summed E-state index contributed by atoms with van der Waals surface area (Å²) in [6, 6.07) is 1.45. The van der Waals surface area contributed by atoms with Crippen LogP contribution in [0.4, 0.5) is 18.9 Å². The lowest BCUT2D eigenvalue weighted by Gasteiger charge is -2.18. The molecule has 116 valence electrons. The summed E-state index contributed by atoms with van der Waals surface area (Å²) < 4.78 is 37.9.